The highest BCUT2D eigenvalue weighted by Crippen LogP contribution is 2.43. The second-order valence-corrected chi connectivity index (χ2v) is 11.1. The summed E-state index contributed by atoms with van der Waals surface area (Å²) >= 11 is 0. The minimum atomic E-state index is -4.25. The number of allylic oxidation sites excluding steroid dienone is 2. The van der Waals surface area contributed by atoms with Gasteiger partial charge in [0, 0.05) is 19.6 Å². The van der Waals surface area contributed by atoms with Crippen LogP contribution in [0.4, 0.5) is 0 Å². The van der Waals surface area contributed by atoms with Crippen molar-refractivity contribution in [2.75, 3.05) is 33.0 Å². The van der Waals surface area contributed by atoms with E-state index in [1.807, 2.05) is 0 Å². The standard InChI is InChI=1S/C28H56NO7P/c1-3-5-7-9-11-12-13-14-15-16-18-20-23-33-25-27(26-35-37(31,32)34-24-22-29)36-28(30)21-19-17-10-8-6-4-2/h9,11,27H,3-8,10,12-26,29H2,1-2H3,(H,31,32)/b11-9-. The van der Waals surface area contributed by atoms with Gasteiger partial charge in [-0.2, -0.15) is 0 Å². The predicted octanol–water partition coefficient (Wildman–Crippen LogP) is 7.23. The molecule has 0 spiro atoms. The second-order valence-electron chi connectivity index (χ2n) is 9.61. The number of hydrogen-bond acceptors (Lipinski definition) is 7. The number of hydrogen-bond donors (Lipinski definition) is 2. The normalized spacial score (nSPS) is 14.2. The van der Waals surface area contributed by atoms with Crippen LogP contribution in [0.15, 0.2) is 12.2 Å². The van der Waals surface area contributed by atoms with E-state index in [1.54, 1.807) is 0 Å². The van der Waals surface area contributed by atoms with Gasteiger partial charge in [0.15, 0.2) is 0 Å². The summed E-state index contributed by atoms with van der Waals surface area (Å²) in [5.74, 6) is -0.344. The maximum atomic E-state index is 12.3. The molecular formula is C28H56NO7P. The zero-order chi connectivity index (χ0) is 27.5. The quantitative estimate of drug-likeness (QED) is 0.0454. The summed E-state index contributed by atoms with van der Waals surface area (Å²) in [6, 6.07) is 0. The van der Waals surface area contributed by atoms with Crippen molar-refractivity contribution in [3.8, 4) is 0 Å². The van der Waals surface area contributed by atoms with Crippen LogP contribution >= 0.6 is 7.82 Å². The molecule has 0 radical (unpaired) electrons. The van der Waals surface area contributed by atoms with Gasteiger partial charge < -0.3 is 20.1 Å². The summed E-state index contributed by atoms with van der Waals surface area (Å²) < 4.78 is 32.9. The Morgan fingerprint density at radius 1 is 0.784 bits per heavy atom. The highest BCUT2D eigenvalue weighted by Gasteiger charge is 2.25. The van der Waals surface area contributed by atoms with Gasteiger partial charge in [0.05, 0.1) is 19.8 Å². The topological polar surface area (TPSA) is 117 Å². The van der Waals surface area contributed by atoms with Crippen molar-refractivity contribution >= 4 is 13.8 Å². The van der Waals surface area contributed by atoms with E-state index in [9.17, 15) is 14.3 Å². The van der Waals surface area contributed by atoms with Crippen molar-refractivity contribution in [1.82, 2.24) is 0 Å². The van der Waals surface area contributed by atoms with Gasteiger partial charge in [-0.15, -0.1) is 0 Å². The summed E-state index contributed by atoms with van der Waals surface area (Å²) in [6.45, 7) is 4.79. The van der Waals surface area contributed by atoms with E-state index in [-0.39, 0.29) is 32.3 Å². The van der Waals surface area contributed by atoms with Crippen LogP contribution in [0, 0.1) is 0 Å². The molecule has 3 N–H and O–H groups in total. The van der Waals surface area contributed by atoms with Crippen LogP contribution in [0.3, 0.4) is 0 Å². The third-order valence-electron chi connectivity index (χ3n) is 5.93. The Morgan fingerprint density at radius 2 is 1.38 bits per heavy atom. The molecule has 0 aliphatic heterocycles. The highest BCUT2D eigenvalue weighted by atomic mass is 31.2. The number of phosphoric ester groups is 1. The third kappa shape index (κ3) is 26.6. The molecule has 0 rings (SSSR count). The number of carbonyl (C=O) groups is 1. The number of unbranched alkanes of at least 4 members (excludes halogenated alkanes) is 13. The molecule has 0 heterocycles. The molecular weight excluding hydrogens is 493 g/mol. The van der Waals surface area contributed by atoms with Gasteiger partial charge in [-0.25, -0.2) is 4.57 Å². The number of rotatable bonds is 28. The van der Waals surface area contributed by atoms with Gasteiger partial charge in [-0.05, 0) is 32.1 Å². The average Bonchev–Trinajstić information content (AvgIpc) is 2.88. The molecule has 0 saturated carbocycles. The molecule has 0 aromatic heterocycles. The maximum absolute atomic E-state index is 12.3. The van der Waals surface area contributed by atoms with Crippen molar-refractivity contribution in [2.24, 2.45) is 5.73 Å². The first-order valence-corrected chi connectivity index (χ1v) is 16.2. The van der Waals surface area contributed by atoms with Crippen LogP contribution in [0.5, 0.6) is 0 Å². The van der Waals surface area contributed by atoms with Crippen LogP contribution in [0.1, 0.15) is 123 Å². The molecule has 2 unspecified atom stereocenters. The molecule has 0 aromatic carbocycles. The fourth-order valence-corrected chi connectivity index (χ4v) is 4.50. The maximum Gasteiger partial charge on any atom is 0.472 e. The molecule has 0 aromatic rings. The van der Waals surface area contributed by atoms with Gasteiger partial charge in [-0.1, -0.05) is 96.6 Å². The fraction of sp³-hybridized carbons (Fsp3) is 0.893. The van der Waals surface area contributed by atoms with Gasteiger partial charge in [0.1, 0.15) is 6.10 Å². The molecule has 220 valence electrons. The van der Waals surface area contributed by atoms with Crippen molar-refractivity contribution in [3.05, 3.63) is 12.2 Å². The van der Waals surface area contributed by atoms with Crippen molar-refractivity contribution in [2.45, 2.75) is 129 Å². The highest BCUT2D eigenvalue weighted by molar-refractivity contribution is 7.47. The van der Waals surface area contributed by atoms with E-state index >= 15 is 0 Å². The summed E-state index contributed by atoms with van der Waals surface area (Å²) in [6.07, 6.45) is 22.4. The lowest BCUT2D eigenvalue weighted by Gasteiger charge is -2.20. The van der Waals surface area contributed by atoms with E-state index in [4.69, 9.17) is 24.3 Å². The molecule has 0 saturated heterocycles. The fourth-order valence-electron chi connectivity index (χ4n) is 3.74. The molecule has 2 atom stereocenters. The van der Waals surface area contributed by atoms with Gasteiger partial charge in [-0.3, -0.25) is 13.8 Å². The Balaban J connectivity index is 4.14. The van der Waals surface area contributed by atoms with Crippen molar-refractivity contribution < 1.29 is 32.8 Å². The summed E-state index contributed by atoms with van der Waals surface area (Å²) in [4.78, 5) is 22.0. The van der Waals surface area contributed by atoms with Crippen LogP contribution in [-0.2, 0) is 27.9 Å². The average molecular weight is 550 g/mol. The Hall–Kier alpha value is -0.760. The van der Waals surface area contributed by atoms with E-state index in [0.717, 1.165) is 32.1 Å². The molecule has 0 amide bonds. The molecule has 0 bridgehead atoms. The predicted molar refractivity (Wildman–Crippen MR) is 150 cm³/mol. The van der Waals surface area contributed by atoms with Gasteiger partial charge >= 0.3 is 13.8 Å². The van der Waals surface area contributed by atoms with E-state index in [0.29, 0.717) is 13.0 Å². The molecule has 8 nitrogen and oxygen atoms in total. The number of esters is 1. The van der Waals surface area contributed by atoms with E-state index in [2.05, 4.69) is 26.0 Å². The molecule has 0 fully saturated rings. The zero-order valence-electron chi connectivity index (χ0n) is 23.7. The molecule has 37 heavy (non-hydrogen) atoms. The lowest BCUT2D eigenvalue weighted by Crippen LogP contribution is -2.28. The minimum Gasteiger partial charge on any atom is -0.457 e. The SMILES string of the molecule is CCCC/C=C\CCCCCCCCOCC(COP(=O)(O)OCCN)OC(=O)CCCCCCCC. The first kappa shape index (κ1) is 36.2. The van der Waals surface area contributed by atoms with Crippen LogP contribution < -0.4 is 5.73 Å². The van der Waals surface area contributed by atoms with Crippen molar-refractivity contribution in [3.63, 3.8) is 0 Å². The number of ether oxygens (including phenoxy) is 2. The number of carbonyl (C=O) groups excluding carboxylic acids is 1. The van der Waals surface area contributed by atoms with Crippen LogP contribution in [-0.4, -0.2) is 49.9 Å². The zero-order valence-corrected chi connectivity index (χ0v) is 24.6. The minimum absolute atomic E-state index is 0.0948. The van der Waals surface area contributed by atoms with E-state index in [1.165, 1.54) is 70.6 Å². The lowest BCUT2D eigenvalue weighted by atomic mass is 10.1. The van der Waals surface area contributed by atoms with Crippen LogP contribution in [0.2, 0.25) is 0 Å². The largest absolute Gasteiger partial charge is 0.472 e. The smallest absolute Gasteiger partial charge is 0.457 e. The number of nitrogens with two attached hydrogens (primary N) is 1. The van der Waals surface area contributed by atoms with E-state index < -0.39 is 13.9 Å². The Kier molecular flexibility index (Phi) is 26.3. The first-order valence-electron chi connectivity index (χ1n) is 14.7. The Labute approximate surface area is 226 Å². The Bertz CT molecular complexity index is 589. The molecule has 0 aliphatic carbocycles. The van der Waals surface area contributed by atoms with Crippen LogP contribution in [0.25, 0.3) is 0 Å². The van der Waals surface area contributed by atoms with Crippen molar-refractivity contribution in [1.29, 1.82) is 0 Å². The van der Waals surface area contributed by atoms with Gasteiger partial charge in [0.2, 0.25) is 0 Å². The monoisotopic (exact) mass is 549 g/mol. The summed E-state index contributed by atoms with van der Waals surface area (Å²) in [7, 11) is -4.25. The van der Waals surface area contributed by atoms with Gasteiger partial charge in [0.25, 0.3) is 0 Å². The summed E-state index contributed by atoms with van der Waals surface area (Å²) in [5.41, 5.74) is 5.30. The second kappa shape index (κ2) is 26.8. The number of phosphoric acid groups is 1. The third-order valence-corrected chi connectivity index (χ3v) is 6.92. The molecule has 9 heteroatoms. The lowest BCUT2D eigenvalue weighted by molar-refractivity contribution is -0.154. The summed E-state index contributed by atoms with van der Waals surface area (Å²) in [5, 5.41) is 0. The first-order chi connectivity index (χ1) is 17.9. The Morgan fingerprint density at radius 3 is 2.05 bits per heavy atom. The molecule has 0 aliphatic rings.